The van der Waals surface area contributed by atoms with Crippen LogP contribution in [0.25, 0.3) is 71.9 Å². The largest absolute Gasteiger partial charge is 0.347 e. The molecule has 0 N–H and O–H groups in total. The number of aryl methyl sites for hydroxylation is 1. The van der Waals surface area contributed by atoms with E-state index in [1.165, 1.54) is 44.1 Å². The zero-order valence-corrected chi connectivity index (χ0v) is 21.1. The van der Waals surface area contributed by atoms with Crippen LogP contribution in [0.15, 0.2) is 103 Å². The van der Waals surface area contributed by atoms with Gasteiger partial charge in [-0.1, -0.05) is 91.0 Å². The van der Waals surface area contributed by atoms with Gasteiger partial charge in [-0.15, -0.1) is 0 Å². The summed E-state index contributed by atoms with van der Waals surface area (Å²) in [5.74, 6) is 0. The summed E-state index contributed by atoms with van der Waals surface area (Å²) in [5.41, 5.74) is 10.3. The van der Waals surface area contributed by atoms with Crippen LogP contribution in [0.4, 0.5) is 0 Å². The number of allylic oxidation sites excluding steroid dienone is 1. The molecule has 0 unspecified atom stereocenters. The highest BCUT2D eigenvalue weighted by molar-refractivity contribution is 6.23. The molecule has 0 saturated heterocycles. The number of aromatic nitrogens is 3. The lowest BCUT2D eigenvalue weighted by Gasteiger charge is -2.13. The van der Waals surface area contributed by atoms with Crippen molar-refractivity contribution in [2.75, 3.05) is 0 Å². The lowest BCUT2D eigenvalue weighted by atomic mass is 9.95. The van der Waals surface area contributed by atoms with Crippen LogP contribution in [0.1, 0.15) is 17.7 Å². The molecule has 1 aliphatic rings. The van der Waals surface area contributed by atoms with Crippen LogP contribution in [0.5, 0.6) is 0 Å². The predicted molar refractivity (Wildman–Crippen MR) is 159 cm³/mol. The normalized spacial score (nSPS) is 13.1. The minimum Gasteiger partial charge on any atom is -0.347 e. The Morgan fingerprint density at radius 3 is 2.16 bits per heavy atom. The van der Waals surface area contributed by atoms with Crippen LogP contribution in [0.3, 0.4) is 0 Å². The first-order chi connectivity index (χ1) is 18.8. The van der Waals surface area contributed by atoms with E-state index in [2.05, 4.69) is 115 Å². The van der Waals surface area contributed by atoms with E-state index in [4.69, 9.17) is 9.97 Å². The summed E-state index contributed by atoms with van der Waals surface area (Å²) in [4.78, 5) is 10.3. The van der Waals surface area contributed by atoms with Gasteiger partial charge < -0.3 is 4.57 Å². The van der Waals surface area contributed by atoms with Crippen molar-refractivity contribution in [3.8, 4) is 22.4 Å². The molecule has 2 aromatic heterocycles. The molecule has 7 aromatic rings. The zero-order valence-electron chi connectivity index (χ0n) is 21.1. The Bertz CT molecular complexity index is 2060. The second-order valence-electron chi connectivity index (χ2n) is 10.2. The predicted octanol–water partition coefficient (Wildman–Crippen LogP) is 8.72. The van der Waals surface area contributed by atoms with E-state index in [0.29, 0.717) is 0 Å². The molecular weight excluding hydrogens is 462 g/mol. The smallest absolute Gasteiger partial charge is 0.0979 e. The minimum absolute atomic E-state index is 0.892. The Morgan fingerprint density at radius 1 is 0.684 bits per heavy atom. The van der Waals surface area contributed by atoms with E-state index >= 15 is 0 Å². The third-order valence-electron chi connectivity index (χ3n) is 8.14. The molecule has 0 bridgehead atoms. The molecule has 0 saturated carbocycles. The highest BCUT2D eigenvalue weighted by Gasteiger charge is 2.18. The van der Waals surface area contributed by atoms with Gasteiger partial charge in [0, 0.05) is 45.5 Å². The van der Waals surface area contributed by atoms with Gasteiger partial charge in [0.15, 0.2) is 0 Å². The van der Waals surface area contributed by atoms with Crippen molar-refractivity contribution in [3.05, 3.63) is 115 Å². The molecule has 0 fully saturated rings. The minimum atomic E-state index is 0.892. The Balaban J connectivity index is 1.36. The van der Waals surface area contributed by atoms with Crippen LogP contribution in [0.2, 0.25) is 0 Å². The molecule has 0 radical (unpaired) electrons. The number of fused-ring (bicyclic) bond motifs is 9. The Morgan fingerprint density at radius 2 is 1.37 bits per heavy atom. The lowest BCUT2D eigenvalue weighted by molar-refractivity contribution is 0.824. The summed E-state index contributed by atoms with van der Waals surface area (Å²) in [5, 5.41) is 6.01. The molecule has 5 aromatic carbocycles. The second-order valence-corrected chi connectivity index (χ2v) is 10.2. The van der Waals surface area contributed by atoms with Gasteiger partial charge in [-0.25, -0.2) is 4.98 Å². The topological polar surface area (TPSA) is 30.7 Å². The second kappa shape index (κ2) is 8.12. The molecule has 2 heterocycles. The van der Waals surface area contributed by atoms with Crippen LogP contribution in [-0.4, -0.2) is 14.5 Å². The van der Waals surface area contributed by atoms with Gasteiger partial charge in [-0.2, -0.15) is 0 Å². The Hall–Kier alpha value is -4.76. The number of nitrogens with zero attached hydrogens (tertiary/aromatic N) is 3. The fraction of sp³-hybridized carbons (Fsp3) is 0.0857. The summed E-state index contributed by atoms with van der Waals surface area (Å²) in [6.07, 6.45) is 8.73. The molecule has 0 amide bonds. The van der Waals surface area contributed by atoms with Crippen molar-refractivity contribution < 1.29 is 0 Å². The number of rotatable bonds is 2. The SMILES string of the molecule is Cn1c2c(c3cc(-c4ccccc4-c4cnc5c6ccccc6c6ccccc6c5n4)ccc31)C=CCC2. The monoisotopic (exact) mass is 487 g/mol. The summed E-state index contributed by atoms with van der Waals surface area (Å²) >= 11 is 0. The molecule has 8 rings (SSSR count). The third-order valence-corrected chi connectivity index (χ3v) is 8.14. The van der Waals surface area contributed by atoms with E-state index in [-0.39, 0.29) is 0 Å². The van der Waals surface area contributed by atoms with Crippen LogP contribution in [0, 0.1) is 0 Å². The molecule has 180 valence electrons. The van der Waals surface area contributed by atoms with E-state index < -0.39 is 0 Å². The lowest BCUT2D eigenvalue weighted by Crippen LogP contribution is -1.99. The van der Waals surface area contributed by atoms with Gasteiger partial charge in [0.2, 0.25) is 0 Å². The average molecular weight is 488 g/mol. The molecule has 1 aliphatic carbocycles. The maximum Gasteiger partial charge on any atom is 0.0979 e. The number of hydrogen-bond acceptors (Lipinski definition) is 2. The molecule has 0 atom stereocenters. The highest BCUT2D eigenvalue weighted by atomic mass is 14.9. The fourth-order valence-corrected chi connectivity index (χ4v) is 6.31. The standard InChI is InChI=1S/C35H25N3/c1-38-32-17-9-8-14-27(32)30-20-22(18-19-33(30)38)23-10-2-5-13-26(23)31-21-36-34-28-15-6-3-11-24(28)25-12-4-7-16-29(25)35(34)37-31/h2-8,10-16,18-21H,9,17H2,1H3. The van der Waals surface area contributed by atoms with Crippen molar-refractivity contribution in [2.45, 2.75) is 12.8 Å². The van der Waals surface area contributed by atoms with Gasteiger partial charge in [0.1, 0.15) is 0 Å². The van der Waals surface area contributed by atoms with Crippen molar-refractivity contribution in [3.63, 3.8) is 0 Å². The van der Waals surface area contributed by atoms with Gasteiger partial charge in [-0.3, -0.25) is 4.98 Å². The van der Waals surface area contributed by atoms with E-state index in [1.54, 1.807) is 0 Å². The average Bonchev–Trinajstić information content (AvgIpc) is 3.28. The molecular formula is C35H25N3. The van der Waals surface area contributed by atoms with Crippen molar-refractivity contribution >= 4 is 49.6 Å². The van der Waals surface area contributed by atoms with Gasteiger partial charge in [0.05, 0.1) is 22.9 Å². The quantitative estimate of drug-likeness (QED) is 0.228. The molecule has 3 heteroatoms. The maximum atomic E-state index is 5.27. The van der Waals surface area contributed by atoms with Crippen molar-refractivity contribution in [1.29, 1.82) is 0 Å². The first kappa shape index (κ1) is 21.3. The molecule has 0 aliphatic heterocycles. The number of benzene rings is 5. The zero-order chi connectivity index (χ0) is 25.2. The third kappa shape index (κ3) is 3.02. The van der Waals surface area contributed by atoms with Crippen LogP contribution < -0.4 is 0 Å². The molecule has 3 nitrogen and oxygen atoms in total. The summed E-state index contributed by atoms with van der Waals surface area (Å²) in [7, 11) is 2.19. The highest BCUT2D eigenvalue weighted by Crippen LogP contribution is 2.38. The molecule has 0 spiro atoms. The van der Waals surface area contributed by atoms with E-state index in [0.717, 1.165) is 45.9 Å². The van der Waals surface area contributed by atoms with E-state index in [1.807, 2.05) is 6.20 Å². The first-order valence-electron chi connectivity index (χ1n) is 13.2. The summed E-state index contributed by atoms with van der Waals surface area (Å²) in [6.45, 7) is 0. The van der Waals surface area contributed by atoms with Crippen molar-refractivity contribution in [1.82, 2.24) is 14.5 Å². The Labute approximate surface area is 220 Å². The maximum absolute atomic E-state index is 5.27. The van der Waals surface area contributed by atoms with Crippen LogP contribution in [-0.2, 0) is 13.5 Å². The van der Waals surface area contributed by atoms with Crippen LogP contribution >= 0.6 is 0 Å². The summed E-state index contributed by atoms with van der Waals surface area (Å²) < 4.78 is 2.36. The summed E-state index contributed by atoms with van der Waals surface area (Å²) in [6, 6.07) is 32.5. The van der Waals surface area contributed by atoms with Gasteiger partial charge in [0.25, 0.3) is 0 Å². The van der Waals surface area contributed by atoms with Crippen molar-refractivity contribution in [2.24, 2.45) is 7.05 Å². The number of hydrogen-bond donors (Lipinski definition) is 0. The van der Waals surface area contributed by atoms with E-state index in [9.17, 15) is 0 Å². The van der Waals surface area contributed by atoms with Gasteiger partial charge >= 0.3 is 0 Å². The molecule has 38 heavy (non-hydrogen) atoms. The van der Waals surface area contributed by atoms with Gasteiger partial charge in [-0.05, 0) is 46.9 Å². The first-order valence-corrected chi connectivity index (χ1v) is 13.2. The fourth-order valence-electron chi connectivity index (χ4n) is 6.31. The Kier molecular flexibility index (Phi) is 4.56.